The standard InChI is InChI=1S/C23H25N5O2S2/c1-4-30-16-8-6-15(7-9-16)21-26-27-23(28(21)3)31-13-20(29)25-22-18(12-24)17-10-5-14(2)11-19(17)32-22/h6-9,14H,4-5,10-11,13H2,1-3H3,(H,25,29). The Labute approximate surface area is 195 Å². The molecule has 0 spiro atoms. The molecule has 3 aromatic rings. The molecule has 1 aliphatic rings. The Morgan fingerprint density at radius 1 is 1.38 bits per heavy atom. The van der Waals surface area contributed by atoms with Gasteiger partial charge in [-0.15, -0.1) is 21.5 Å². The third kappa shape index (κ3) is 4.66. The van der Waals surface area contributed by atoms with Gasteiger partial charge in [-0.05, 0) is 61.9 Å². The molecule has 1 aliphatic carbocycles. The Morgan fingerprint density at radius 2 is 2.16 bits per heavy atom. The smallest absolute Gasteiger partial charge is 0.235 e. The average Bonchev–Trinajstić information content (AvgIpc) is 3.32. The van der Waals surface area contributed by atoms with Gasteiger partial charge in [-0.1, -0.05) is 18.7 Å². The highest BCUT2D eigenvalue weighted by molar-refractivity contribution is 7.99. The summed E-state index contributed by atoms with van der Waals surface area (Å²) in [5.74, 6) is 2.20. The van der Waals surface area contributed by atoms with Crippen LogP contribution in [0.1, 0.15) is 36.3 Å². The van der Waals surface area contributed by atoms with Crippen molar-refractivity contribution in [3.8, 4) is 23.2 Å². The second-order valence-corrected chi connectivity index (χ2v) is 9.87. The van der Waals surface area contributed by atoms with Gasteiger partial charge in [0.2, 0.25) is 5.91 Å². The molecule has 166 valence electrons. The number of hydrogen-bond donors (Lipinski definition) is 1. The fourth-order valence-electron chi connectivity index (χ4n) is 3.81. The molecule has 9 heteroatoms. The van der Waals surface area contributed by atoms with Gasteiger partial charge in [0.05, 0.1) is 17.9 Å². The SMILES string of the molecule is CCOc1ccc(-c2nnc(SCC(=O)Nc3sc4c(c3C#N)CCC(C)C4)n2C)cc1. The van der Waals surface area contributed by atoms with Crippen molar-refractivity contribution >= 4 is 34.0 Å². The Hall–Kier alpha value is -2.83. The number of thioether (sulfide) groups is 1. The van der Waals surface area contributed by atoms with E-state index in [9.17, 15) is 10.1 Å². The lowest BCUT2D eigenvalue weighted by atomic mass is 9.89. The van der Waals surface area contributed by atoms with Crippen molar-refractivity contribution < 1.29 is 9.53 Å². The molecule has 0 bridgehead atoms. The van der Waals surface area contributed by atoms with Crippen LogP contribution in [0.3, 0.4) is 0 Å². The number of amides is 1. The van der Waals surface area contributed by atoms with Crippen molar-refractivity contribution in [1.29, 1.82) is 5.26 Å². The first-order valence-corrected chi connectivity index (χ1v) is 12.4. The van der Waals surface area contributed by atoms with Crippen molar-refractivity contribution in [2.24, 2.45) is 13.0 Å². The van der Waals surface area contributed by atoms with E-state index in [0.717, 1.165) is 42.0 Å². The number of anilines is 1. The average molecular weight is 468 g/mol. The summed E-state index contributed by atoms with van der Waals surface area (Å²) in [7, 11) is 1.88. The molecule has 32 heavy (non-hydrogen) atoms. The minimum Gasteiger partial charge on any atom is -0.494 e. The molecule has 0 fully saturated rings. The maximum atomic E-state index is 12.6. The molecular weight excluding hydrogens is 442 g/mol. The molecule has 1 N–H and O–H groups in total. The second-order valence-electron chi connectivity index (χ2n) is 7.83. The lowest BCUT2D eigenvalue weighted by Crippen LogP contribution is -2.14. The van der Waals surface area contributed by atoms with E-state index in [1.165, 1.54) is 16.6 Å². The fourth-order valence-corrected chi connectivity index (χ4v) is 5.90. The number of ether oxygens (including phenoxy) is 1. The van der Waals surface area contributed by atoms with Gasteiger partial charge in [0, 0.05) is 17.5 Å². The molecule has 0 aliphatic heterocycles. The molecule has 7 nitrogen and oxygen atoms in total. The summed E-state index contributed by atoms with van der Waals surface area (Å²) in [5, 5.41) is 22.4. The summed E-state index contributed by atoms with van der Waals surface area (Å²) in [6.45, 7) is 4.80. The molecular formula is C23H25N5O2S2. The van der Waals surface area contributed by atoms with Gasteiger partial charge in [-0.25, -0.2) is 0 Å². The third-order valence-electron chi connectivity index (χ3n) is 5.47. The summed E-state index contributed by atoms with van der Waals surface area (Å²) in [5.41, 5.74) is 2.68. The number of carbonyl (C=O) groups excluding carboxylic acids is 1. The number of thiophene rings is 1. The third-order valence-corrected chi connectivity index (χ3v) is 7.66. The van der Waals surface area contributed by atoms with Crippen LogP contribution in [-0.2, 0) is 24.7 Å². The van der Waals surface area contributed by atoms with E-state index in [1.54, 1.807) is 11.3 Å². The van der Waals surface area contributed by atoms with E-state index in [0.29, 0.717) is 28.2 Å². The molecule has 1 aromatic carbocycles. The monoisotopic (exact) mass is 467 g/mol. The lowest BCUT2D eigenvalue weighted by molar-refractivity contribution is -0.113. The van der Waals surface area contributed by atoms with Crippen LogP contribution in [0.15, 0.2) is 29.4 Å². The Kier molecular flexibility index (Phi) is 6.82. The van der Waals surface area contributed by atoms with E-state index in [1.807, 2.05) is 42.8 Å². The van der Waals surface area contributed by atoms with Crippen molar-refractivity contribution in [3.05, 3.63) is 40.3 Å². The summed E-state index contributed by atoms with van der Waals surface area (Å²) < 4.78 is 7.36. The highest BCUT2D eigenvalue weighted by Crippen LogP contribution is 2.39. The number of aromatic nitrogens is 3. The van der Waals surface area contributed by atoms with Gasteiger partial charge in [0.25, 0.3) is 0 Å². The minimum absolute atomic E-state index is 0.149. The number of benzene rings is 1. The highest BCUT2D eigenvalue weighted by atomic mass is 32.2. The van der Waals surface area contributed by atoms with Crippen molar-refractivity contribution in [3.63, 3.8) is 0 Å². The molecule has 0 saturated heterocycles. The van der Waals surface area contributed by atoms with Crippen molar-refractivity contribution in [2.75, 3.05) is 17.7 Å². The summed E-state index contributed by atoms with van der Waals surface area (Å²) in [6, 6.07) is 9.99. The van der Waals surface area contributed by atoms with Crippen LogP contribution in [0.2, 0.25) is 0 Å². The van der Waals surface area contributed by atoms with Crippen LogP contribution in [-0.4, -0.2) is 33.0 Å². The predicted molar refractivity (Wildman–Crippen MR) is 127 cm³/mol. The zero-order chi connectivity index (χ0) is 22.7. The van der Waals surface area contributed by atoms with Gasteiger partial charge in [0.1, 0.15) is 16.8 Å². The molecule has 2 heterocycles. The Balaban J connectivity index is 1.41. The number of nitrogens with one attached hydrogen (secondary N) is 1. The quantitative estimate of drug-likeness (QED) is 0.508. The number of nitriles is 1. The number of nitrogens with zero attached hydrogens (tertiary/aromatic N) is 4. The van der Waals surface area contributed by atoms with E-state index in [-0.39, 0.29) is 11.7 Å². The van der Waals surface area contributed by atoms with E-state index >= 15 is 0 Å². The zero-order valence-electron chi connectivity index (χ0n) is 18.3. The van der Waals surface area contributed by atoms with Gasteiger partial charge in [-0.3, -0.25) is 4.79 Å². The predicted octanol–water partition coefficient (Wildman–Crippen LogP) is 4.67. The van der Waals surface area contributed by atoms with Gasteiger partial charge in [-0.2, -0.15) is 5.26 Å². The number of carbonyl (C=O) groups is 1. The van der Waals surface area contributed by atoms with Crippen molar-refractivity contribution in [2.45, 2.75) is 38.3 Å². The number of fused-ring (bicyclic) bond motifs is 1. The first-order valence-electron chi connectivity index (χ1n) is 10.6. The molecule has 2 aromatic heterocycles. The van der Waals surface area contributed by atoms with E-state index < -0.39 is 0 Å². The first kappa shape index (κ1) is 22.4. The molecule has 4 rings (SSSR count). The van der Waals surface area contributed by atoms with Gasteiger partial charge in [0.15, 0.2) is 11.0 Å². The molecule has 0 saturated carbocycles. The van der Waals surface area contributed by atoms with Crippen molar-refractivity contribution in [1.82, 2.24) is 14.8 Å². The number of hydrogen-bond acceptors (Lipinski definition) is 7. The van der Waals surface area contributed by atoms with Gasteiger partial charge >= 0.3 is 0 Å². The molecule has 0 radical (unpaired) electrons. The Morgan fingerprint density at radius 3 is 2.88 bits per heavy atom. The van der Waals surface area contributed by atoms with Crippen LogP contribution < -0.4 is 10.1 Å². The topological polar surface area (TPSA) is 92.8 Å². The van der Waals surface area contributed by atoms with E-state index in [2.05, 4.69) is 28.5 Å². The largest absolute Gasteiger partial charge is 0.494 e. The maximum absolute atomic E-state index is 12.6. The summed E-state index contributed by atoms with van der Waals surface area (Å²) in [6.07, 6.45) is 2.98. The normalized spacial score (nSPS) is 15.1. The highest BCUT2D eigenvalue weighted by Gasteiger charge is 2.24. The maximum Gasteiger partial charge on any atom is 0.235 e. The van der Waals surface area contributed by atoms with Crippen LogP contribution in [0.5, 0.6) is 5.75 Å². The van der Waals surface area contributed by atoms with Gasteiger partial charge < -0.3 is 14.6 Å². The van der Waals surface area contributed by atoms with Crippen LogP contribution in [0.4, 0.5) is 5.00 Å². The Bertz CT molecular complexity index is 1160. The second kappa shape index (κ2) is 9.76. The lowest BCUT2D eigenvalue weighted by Gasteiger charge is -2.17. The first-order chi connectivity index (χ1) is 15.5. The van der Waals surface area contributed by atoms with E-state index in [4.69, 9.17) is 4.74 Å². The molecule has 1 unspecified atom stereocenters. The summed E-state index contributed by atoms with van der Waals surface area (Å²) >= 11 is 2.87. The van der Waals surface area contributed by atoms with Crippen LogP contribution in [0.25, 0.3) is 11.4 Å². The van der Waals surface area contributed by atoms with Crippen LogP contribution in [0, 0.1) is 17.2 Å². The number of rotatable bonds is 7. The zero-order valence-corrected chi connectivity index (χ0v) is 20.0. The summed E-state index contributed by atoms with van der Waals surface area (Å²) in [4.78, 5) is 13.8. The fraction of sp³-hybridized carbons (Fsp3) is 0.391. The van der Waals surface area contributed by atoms with Crippen LogP contribution >= 0.6 is 23.1 Å². The molecule has 1 amide bonds. The molecule has 1 atom stereocenters. The minimum atomic E-state index is -0.149.